The third-order valence-corrected chi connectivity index (χ3v) is 5.90. The fourth-order valence-electron chi connectivity index (χ4n) is 3.78. The zero-order valence-electron chi connectivity index (χ0n) is 17.7. The van der Waals surface area contributed by atoms with Gasteiger partial charge in [0.2, 0.25) is 11.8 Å². The normalized spacial score (nSPS) is 15.5. The Morgan fingerprint density at radius 1 is 1.13 bits per heavy atom. The zero-order valence-corrected chi connectivity index (χ0v) is 18.4. The first-order chi connectivity index (χ1) is 14.5. The molecule has 2 N–H and O–H groups in total. The van der Waals surface area contributed by atoms with Crippen LogP contribution in [-0.4, -0.2) is 29.8 Å². The number of rotatable bonds is 7. The predicted molar refractivity (Wildman–Crippen MR) is 123 cm³/mol. The summed E-state index contributed by atoms with van der Waals surface area (Å²) < 4.78 is 0. The largest absolute Gasteiger partial charge is 0.377 e. The molecule has 0 radical (unpaired) electrons. The van der Waals surface area contributed by atoms with E-state index in [0.717, 1.165) is 12.1 Å². The highest BCUT2D eigenvalue weighted by molar-refractivity contribution is 6.33. The molecule has 1 heterocycles. The molecule has 1 atom stereocenters. The average molecular weight is 428 g/mol. The van der Waals surface area contributed by atoms with Crippen LogP contribution < -0.4 is 10.6 Å². The molecule has 0 aliphatic carbocycles. The van der Waals surface area contributed by atoms with Crippen molar-refractivity contribution in [1.29, 1.82) is 0 Å². The lowest BCUT2D eigenvalue weighted by Crippen LogP contribution is -2.41. The molecule has 1 aliphatic heterocycles. The minimum absolute atomic E-state index is 0.00739. The molecule has 2 aromatic carbocycles. The van der Waals surface area contributed by atoms with Crippen molar-refractivity contribution in [3.05, 3.63) is 59.1 Å². The van der Waals surface area contributed by atoms with Gasteiger partial charge in [-0.15, -0.1) is 0 Å². The molecule has 2 amide bonds. The molecule has 0 saturated carbocycles. The van der Waals surface area contributed by atoms with Crippen LogP contribution in [-0.2, 0) is 9.59 Å². The maximum Gasteiger partial charge on any atom is 0.227 e. The monoisotopic (exact) mass is 427 g/mol. The van der Waals surface area contributed by atoms with Gasteiger partial charge in [0.1, 0.15) is 0 Å². The molecule has 3 rings (SSSR count). The number of hydrogen-bond acceptors (Lipinski definition) is 3. The van der Waals surface area contributed by atoms with E-state index in [1.54, 1.807) is 6.07 Å². The maximum absolute atomic E-state index is 12.7. The van der Waals surface area contributed by atoms with Gasteiger partial charge >= 0.3 is 0 Å². The Hall–Kier alpha value is -2.53. The number of likely N-dealkylation sites (tertiary alicyclic amines) is 1. The number of piperidine rings is 1. The van der Waals surface area contributed by atoms with E-state index in [0.29, 0.717) is 43.1 Å². The van der Waals surface area contributed by atoms with E-state index >= 15 is 0 Å². The van der Waals surface area contributed by atoms with Gasteiger partial charge in [-0.25, -0.2) is 0 Å². The van der Waals surface area contributed by atoms with Crippen molar-refractivity contribution >= 4 is 34.8 Å². The van der Waals surface area contributed by atoms with Crippen LogP contribution in [0.5, 0.6) is 0 Å². The SMILES string of the molecule is CCCC(=O)N1CCC(C(=O)Nc2ccc(NC(C)c3ccccc3)c(Cl)c2)CC1. The highest BCUT2D eigenvalue weighted by atomic mass is 35.5. The van der Waals surface area contributed by atoms with Crippen LogP contribution in [0.25, 0.3) is 0 Å². The summed E-state index contributed by atoms with van der Waals surface area (Å²) in [5, 5.41) is 6.96. The first-order valence-corrected chi connectivity index (χ1v) is 11.1. The molecule has 1 aliphatic rings. The second-order valence-corrected chi connectivity index (χ2v) is 8.27. The lowest BCUT2D eigenvalue weighted by atomic mass is 9.95. The number of carbonyl (C=O) groups excluding carboxylic acids is 2. The Kier molecular flexibility index (Phi) is 7.75. The smallest absolute Gasteiger partial charge is 0.227 e. The molecule has 1 saturated heterocycles. The number of nitrogens with zero attached hydrogens (tertiary/aromatic N) is 1. The van der Waals surface area contributed by atoms with Gasteiger partial charge in [0, 0.05) is 37.2 Å². The lowest BCUT2D eigenvalue weighted by Gasteiger charge is -2.31. The highest BCUT2D eigenvalue weighted by Gasteiger charge is 2.27. The van der Waals surface area contributed by atoms with Gasteiger partial charge in [0.25, 0.3) is 0 Å². The minimum atomic E-state index is -0.0784. The van der Waals surface area contributed by atoms with E-state index in [9.17, 15) is 9.59 Å². The molecule has 160 valence electrons. The number of anilines is 2. The molecular formula is C24H30ClN3O2. The van der Waals surface area contributed by atoms with E-state index in [1.165, 1.54) is 5.56 Å². The standard InChI is InChI=1S/C24H30ClN3O2/c1-3-7-23(29)28-14-12-19(13-15-28)24(30)27-20-10-11-22(21(25)16-20)26-17(2)18-8-5-4-6-9-18/h4-6,8-11,16-17,19,26H,3,7,12-15H2,1-2H3,(H,27,30). The van der Waals surface area contributed by atoms with Crippen LogP contribution in [0.1, 0.15) is 51.1 Å². The Morgan fingerprint density at radius 2 is 1.83 bits per heavy atom. The summed E-state index contributed by atoms with van der Waals surface area (Å²) in [6, 6.07) is 15.8. The quantitative estimate of drug-likeness (QED) is 0.614. The van der Waals surface area contributed by atoms with Gasteiger partial charge in [0.15, 0.2) is 0 Å². The molecule has 5 nitrogen and oxygen atoms in total. The Morgan fingerprint density at radius 3 is 2.47 bits per heavy atom. The molecule has 1 fully saturated rings. The van der Waals surface area contributed by atoms with Gasteiger partial charge in [-0.1, -0.05) is 48.9 Å². The molecule has 1 unspecified atom stereocenters. The van der Waals surface area contributed by atoms with Gasteiger partial charge in [-0.2, -0.15) is 0 Å². The summed E-state index contributed by atoms with van der Waals surface area (Å²) in [5.41, 5.74) is 2.69. The number of halogens is 1. The topological polar surface area (TPSA) is 61.4 Å². The van der Waals surface area contributed by atoms with Crippen molar-refractivity contribution in [3.63, 3.8) is 0 Å². The second kappa shape index (κ2) is 10.5. The lowest BCUT2D eigenvalue weighted by molar-refractivity contribution is -0.134. The van der Waals surface area contributed by atoms with Crippen LogP contribution in [0.15, 0.2) is 48.5 Å². The highest BCUT2D eigenvalue weighted by Crippen LogP contribution is 2.29. The second-order valence-electron chi connectivity index (χ2n) is 7.87. The Bertz CT molecular complexity index is 864. The predicted octanol–water partition coefficient (Wildman–Crippen LogP) is 5.49. The summed E-state index contributed by atoms with van der Waals surface area (Å²) in [6.07, 6.45) is 2.83. The van der Waals surface area contributed by atoms with E-state index in [-0.39, 0.29) is 23.8 Å². The zero-order chi connectivity index (χ0) is 21.5. The van der Waals surface area contributed by atoms with Crippen LogP contribution in [0.2, 0.25) is 5.02 Å². The van der Waals surface area contributed by atoms with Crippen molar-refractivity contribution in [2.24, 2.45) is 5.92 Å². The van der Waals surface area contributed by atoms with Crippen molar-refractivity contribution in [1.82, 2.24) is 4.90 Å². The summed E-state index contributed by atoms with van der Waals surface area (Å²) in [5.74, 6) is 0.105. The molecule has 30 heavy (non-hydrogen) atoms. The fraction of sp³-hybridized carbons (Fsp3) is 0.417. The number of nitrogens with one attached hydrogen (secondary N) is 2. The molecular weight excluding hydrogens is 398 g/mol. The fourth-order valence-corrected chi connectivity index (χ4v) is 4.01. The summed E-state index contributed by atoms with van der Waals surface area (Å²) in [6.45, 7) is 5.39. The van der Waals surface area contributed by atoms with Gasteiger partial charge in [-0.3, -0.25) is 9.59 Å². The number of hydrogen-bond donors (Lipinski definition) is 2. The molecule has 0 spiro atoms. The average Bonchev–Trinajstić information content (AvgIpc) is 2.76. The molecule has 6 heteroatoms. The molecule has 2 aromatic rings. The number of amides is 2. The third-order valence-electron chi connectivity index (χ3n) is 5.59. The first-order valence-electron chi connectivity index (χ1n) is 10.7. The van der Waals surface area contributed by atoms with Gasteiger partial charge in [0.05, 0.1) is 10.7 Å². The van der Waals surface area contributed by atoms with Gasteiger partial charge in [-0.05, 0) is 49.9 Å². The van der Waals surface area contributed by atoms with Crippen molar-refractivity contribution < 1.29 is 9.59 Å². The first kappa shape index (κ1) is 22.2. The molecule has 0 aromatic heterocycles. The number of carbonyl (C=O) groups is 2. The van der Waals surface area contributed by atoms with Crippen LogP contribution >= 0.6 is 11.6 Å². The summed E-state index contributed by atoms with van der Waals surface area (Å²) in [4.78, 5) is 26.5. The van der Waals surface area contributed by atoms with Crippen LogP contribution in [0, 0.1) is 5.92 Å². The maximum atomic E-state index is 12.7. The van der Waals surface area contributed by atoms with E-state index < -0.39 is 0 Å². The summed E-state index contributed by atoms with van der Waals surface area (Å²) in [7, 11) is 0. The van der Waals surface area contributed by atoms with Crippen molar-refractivity contribution in [2.45, 2.75) is 45.6 Å². The van der Waals surface area contributed by atoms with E-state index in [2.05, 4.69) is 29.7 Å². The minimum Gasteiger partial charge on any atom is -0.377 e. The molecule has 0 bridgehead atoms. The van der Waals surface area contributed by atoms with E-state index in [1.807, 2.05) is 42.2 Å². The van der Waals surface area contributed by atoms with Crippen molar-refractivity contribution in [3.8, 4) is 0 Å². The van der Waals surface area contributed by atoms with Crippen molar-refractivity contribution in [2.75, 3.05) is 23.7 Å². The third kappa shape index (κ3) is 5.76. The van der Waals surface area contributed by atoms with Gasteiger partial charge < -0.3 is 15.5 Å². The van der Waals surface area contributed by atoms with Crippen LogP contribution in [0.4, 0.5) is 11.4 Å². The van der Waals surface area contributed by atoms with E-state index in [4.69, 9.17) is 11.6 Å². The Labute approximate surface area is 183 Å². The van der Waals surface area contributed by atoms with Crippen LogP contribution in [0.3, 0.4) is 0 Å². The Balaban J connectivity index is 1.54. The number of benzene rings is 2. The summed E-state index contributed by atoms with van der Waals surface area (Å²) >= 11 is 6.46.